The minimum absolute atomic E-state index is 0.0733. The van der Waals surface area contributed by atoms with Gasteiger partial charge in [-0.1, -0.05) is 0 Å². The number of ether oxygens (including phenoxy) is 1. The Labute approximate surface area is 93.8 Å². The van der Waals surface area contributed by atoms with Crippen LogP contribution in [0.1, 0.15) is 37.7 Å². The zero-order valence-electron chi connectivity index (χ0n) is 9.32. The molecule has 0 aliphatic carbocycles. The normalized spacial score (nSPS) is 25.6. The van der Waals surface area contributed by atoms with Gasteiger partial charge in [0.15, 0.2) is 0 Å². The van der Waals surface area contributed by atoms with Gasteiger partial charge < -0.3 is 14.8 Å². The van der Waals surface area contributed by atoms with Gasteiger partial charge >= 0.3 is 5.97 Å². The molecule has 1 aliphatic rings. The molecule has 0 saturated carbocycles. The van der Waals surface area contributed by atoms with E-state index >= 15 is 0 Å². The number of aliphatic carboxylic acids is 1. The van der Waals surface area contributed by atoms with Crippen molar-refractivity contribution in [1.82, 2.24) is 9.97 Å². The lowest BCUT2D eigenvalue weighted by Gasteiger charge is -2.32. The summed E-state index contributed by atoms with van der Waals surface area (Å²) in [6.07, 6.45) is 4.77. The number of hydrogen-bond donors (Lipinski definition) is 2. The second-order valence-electron chi connectivity index (χ2n) is 4.35. The quantitative estimate of drug-likeness (QED) is 0.814. The van der Waals surface area contributed by atoms with Gasteiger partial charge in [0.05, 0.1) is 11.9 Å². The molecule has 1 unspecified atom stereocenters. The molecule has 2 N–H and O–H groups in total. The molecular formula is C11H16N2O3. The maximum absolute atomic E-state index is 10.5. The van der Waals surface area contributed by atoms with E-state index in [1.54, 1.807) is 6.20 Å². The summed E-state index contributed by atoms with van der Waals surface area (Å²) in [4.78, 5) is 17.6. The first kappa shape index (κ1) is 11.1. The zero-order chi connectivity index (χ0) is 11.6. The number of imidazole rings is 1. The highest BCUT2D eigenvalue weighted by Crippen LogP contribution is 2.33. The smallest absolute Gasteiger partial charge is 0.311 e. The molecule has 0 amide bonds. The van der Waals surface area contributed by atoms with Gasteiger partial charge in [0.25, 0.3) is 0 Å². The summed E-state index contributed by atoms with van der Waals surface area (Å²) in [5.41, 5.74) is 0.547. The summed E-state index contributed by atoms with van der Waals surface area (Å²) in [6, 6.07) is 0. The van der Waals surface area contributed by atoms with Gasteiger partial charge in [0.2, 0.25) is 0 Å². The number of nitrogens with one attached hydrogen (secondary N) is 1. The molecule has 0 aromatic carbocycles. The predicted octanol–water partition coefficient (Wildman–Crippen LogP) is 1.45. The average Bonchev–Trinajstić information content (AvgIpc) is 2.67. The summed E-state index contributed by atoms with van der Waals surface area (Å²) < 4.78 is 5.75. The van der Waals surface area contributed by atoms with E-state index in [2.05, 4.69) is 9.97 Å². The number of aromatic amines is 1. The number of hydrogen-bond acceptors (Lipinski definition) is 3. The van der Waals surface area contributed by atoms with Gasteiger partial charge in [0, 0.05) is 6.61 Å². The Morgan fingerprint density at radius 1 is 1.69 bits per heavy atom. The summed E-state index contributed by atoms with van der Waals surface area (Å²) in [6.45, 7) is 2.77. The van der Waals surface area contributed by atoms with Gasteiger partial charge in [0.1, 0.15) is 17.8 Å². The van der Waals surface area contributed by atoms with E-state index in [1.165, 1.54) is 0 Å². The number of carboxylic acid groups (broad SMARTS) is 1. The molecule has 1 aromatic rings. The van der Waals surface area contributed by atoms with Crippen molar-refractivity contribution in [2.24, 2.45) is 0 Å². The van der Waals surface area contributed by atoms with E-state index in [4.69, 9.17) is 9.84 Å². The van der Waals surface area contributed by atoms with Gasteiger partial charge in [-0.2, -0.15) is 0 Å². The third-order valence-corrected chi connectivity index (χ3v) is 2.99. The lowest BCUT2D eigenvalue weighted by Crippen LogP contribution is -2.30. The second-order valence-corrected chi connectivity index (χ2v) is 4.35. The van der Waals surface area contributed by atoms with Crippen molar-refractivity contribution in [2.45, 2.75) is 38.2 Å². The lowest BCUT2D eigenvalue weighted by molar-refractivity contribution is -0.136. The Balaban J connectivity index is 2.13. The summed E-state index contributed by atoms with van der Waals surface area (Å²) in [5.74, 6) is -0.395. The molecule has 88 valence electrons. The van der Waals surface area contributed by atoms with Gasteiger partial charge in [-0.3, -0.25) is 4.79 Å². The molecule has 1 aromatic heterocycles. The van der Waals surface area contributed by atoms with Crippen LogP contribution < -0.4 is 0 Å². The fourth-order valence-corrected chi connectivity index (χ4v) is 2.01. The first-order valence-corrected chi connectivity index (χ1v) is 5.50. The van der Waals surface area contributed by atoms with Crippen LogP contribution in [0.25, 0.3) is 0 Å². The predicted molar refractivity (Wildman–Crippen MR) is 57.1 cm³/mol. The Morgan fingerprint density at radius 3 is 3.12 bits per heavy atom. The van der Waals surface area contributed by atoms with Crippen LogP contribution in [0.4, 0.5) is 0 Å². The molecular weight excluding hydrogens is 208 g/mol. The average molecular weight is 224 g/mol. The molecule has 1 atom stereocenters. The third-order valence-electron chi connectivity index (χ3n) is 2.99. The summed E-state index contributed by atoms with van der Waals surface area (Å²) in [5, 5.41) is 8.66. The minimum Gasteiger partial charge on any atom is -0.481 e. The summed E-state index contributed by atoms with van der Waals surface area (Å²) >= 11 is 0. The largest absolute Gasteiger partial charge is 0.481 e. The molecule has 0 radical (unpaired) electrons. The van der Waals surface area contributed by atoms with Crippen LogP contribution in [0.5, 0.6) is 0 Å². The van der Waals surface area contributed by atoms with Crippen LogP contribution in [0.15, 0.2) is 6.20 Å². The Kier molecular flexibility index (Phi) is 2.96. The molecule has 0 spiro atoms. The molecule has 16 heavy (non-hydrogen) atoms. The van der Waals surface area contributed by atoms with Crippen molar-refractivity contribution in [3.05, 3.63) is 17.7 Å². The van der Waals surface area contributed by atoms with E-state index in [0.29, 0.717) is 5.82 Å². The number of carboxylic acids is 1. The molecule has 1 aliphatic heterocycles. The Hall–Kier alpha value is -1.36. The molecule has 5 heteroatoms. The molecule has 2 rings (SSSR count). The van der Waals surface area contributed by atoms with Crippen LogP contribution in [-0.4, -0.2) is 27.7 Å². The molecule has 2 heterocycles. The van der Waals surface area contributed by atoms with Crippen molar-refractivity contribution in [1.29, 1.82) is 0 Å². The second kappa shape index (κ2) is 4.25. The van der Waals surface area contributed by atoms with Gasteiger partial charge in [-0.05, 0) is 26.2 Å². The van der Waals surface area contributed by atoms with Gasteiger partial charge in [-0.15, -0.1) is 0 Å². The highest BCUT2D eigenvalue weighted by molar-refractivity contribution is 5.68. The topological polar surface area (TPSA) is 75.2 Å². The fraction of sp³-hybridized carbons (Fsp3) is 0.636. The van der Waals surface area contributed by atoms with Crippen molar-refractivity contribution < 1.29 is 14.6 Å². The maximum Gasteiger partial charge on any atom is 0.311 e. The van der Waals surface area contributed by atoms with Crippen molar-refractivity contribution in [3.63, 3.8) is 0 Å². The number of aromatic nitrogens is 2. The minimum atomic E-state index is -0.879. The number of nitrogens with zero attached hydrogens (tertiary/aromatic N) is 1. The number of H-pyrrole nitrogens is 1. The highest BCUT2D eigenvalue weighted by Gasteiger charge is 2.31. The van der Waals surface area contributed by atoms with Crippen molar-refractivity contribution in [2.75, 3.05) is 6.61 Å². The molecule has 1 fully saturated rings. The van der Waals surface area contributed by atoms with Crippen molar-refractivity contribution >= 4 is 5.97 Å². The fourth-order valence-electron chi connectivity index (χ4n) is 2.01. The third kappa shape index (κ3) is 2.24. The lowest BCUT2D eigenvalue weighted by atomic mass is 9.93. The van der Waals surface area contributed by atoms with Crippen LogP contribution in [0.2, 0.25) is 0 Å². The first-order valence-electron chi connectivity index (χ1n) is 5.50. The van der Waals surface area contributed by atoms with Crippen LogP contribution in [0, 0.1) is 0 Å². The monoisotopic (exact) mass is 224 g/mol. The maximum atomic E-state index is 10.5. The zero-order valence-corrected chi connectivity index (χ0v) is 9.32. The Bertz CT molecular complexity index is 380. The first-order chi connectivity index (χ1) is 7.60. The van der Waals surface area contributed by atoms with Crippen LogP contribution in [-0.2, 0) is 21.6 Å². The molecule has 5 nitrogen and oxygen atoms in total. The standard InChI is InChI=1S/C11H16N2O3/c1-11(4-2-3-5-16-11)8-7-12-9(13-8)6-10(14)15/h7H,2-6H2,1H3,(H,12,13)(H,14,15). The van der Waals surface area contributed by atoms with E-state index in [9.17, 15) is 4.79 Å². The van der Waals surface area contributed by atoms with E-state index in [0.717, 1.165) is 31.6 Å². The van der Waals surface area contributed by atoms with Crippen molar-refractivity contribution in [3.8, 4) is 0 Å². The Morgan fingerprint density at radius 2 is 2.50 bits per heavy atom. The molecule has 1 saturated heterocycles. The molecule has 0 bridgehead atoms. The summed E-state index contributed by atoms with van der Waals surface area (Å²) in [7, 11) is 0. The van der Waals surface area contributed by atoms with Crippen LogP contribution in [0.3, 0.4) is 0 Å². The van der Waals surface area contributed by atoms with E-state index in [1.807, 2.05) is 6.92 Å². The van der Waals surface area contributed by atoms with E-state index < -0.39 is 5.97 Å². The number of rotatable bonds is 3. The SMILES string of the molecule is CC1(c2cnc(CC(=O)O)[nH]2)CCCCO1. The number of carbonyl (C=O) groups is 1. The highest BCUT2D eigenvalue weighted by atomic mass is 16.5. The van der Waals surface area contributed by atoms with Gasteiger partial charge in [-0.25, -0.2) is 4.98 Å². The van der Waals surface area contributed by atoms with Crippen LogP contribution >= 0.6 is 0 Å². The van der Waals surface area contributed by atoms with E-state index in [-0.39, 0.29) is 12.0 Å².